The molecule has 0 radical (unpaired) electrons. The molecule has 1 aromatic rings. The SMILES string of the molecule is C=CCNC(CC(=O)OC)Cc1ccc(F)c(F)c1. The molecule has 104 valence electrons. The van der Waals surface area contributed by atoms with Gasteiger partial charge >= 0.3 is 5.97 Å². The smallest absolute Gasteiger partial charge is 0.307 e. The number of nitrogens with one attached hydrogen (secondary N) is 1. The summed E-state index contributed by atoms with van der Waals surface area (Å²) in [5.41, 5.74) is 0.615. The molecule has 1 rings (SSSR count). The summed E-state index contributed by atoms with van der Waals surface area (Å²) in [6.45, 7) is 4.10. The van der Waals surface area contributed by atoms with Gasteiger partial charge in [0.15, 0.2) is 11.6 Å². The summed E-state index contributed by atoms with van der Waals surface area (Å²) in [5.74, 6) is -2.13. The Balaban J connectivity index is 2.71. The normalized spacial score (nSPS) is 11.9. The predicted molar refractivity (Wildman–Crippen MR) is 68.7 cm³/mol. The zero-order valence-corrected chi connectivity index (χ0v) is 10.8. The van der Waals surface area contributed by atoms with Crippen molar-refractivity contribution >= 4 is 5.97 Å². The highest BCUT2D eigenvalue weighted by atomic mass is 19.2. The summed E-state index contributed by atoms with van der Waals surface area (Å²) in [6.07, 6.45) is 2.22. The van der Waals surface area contributed by atoms with Crippen LogP contribution in [0.25, 0.3) is 0 Å². The van der Waals surface area contributed by atoms with Crippen LogP contribution >= 0.6 is 0 Å². The van der Waals surface area contributed by atoms with E-state index in [0.717, 1.165) is 12.1 Å². The van der Waals surface area contributed by atoms with Crippen molar-refractivity contribution in [3.8, 4) is 0 Å². The number of halogens is 2. The van der Waals surface area contributed by atoms with E-state index in [1.165, 1.54) is 13.2 Å². The van der Waals surface area contributed by atoms with E-state index in [9.17, 15) is 13.6 Å². The molecular weight excluding hydrogens is 252 g/mol. The molecule has 19 heavy (non-hydrogen) atoms. The minimum atomic E-state index is -0.891. The first kappa shape index (κ1) is 15.3. The second kappa shape index (κ2) is 7.63. The molecule has 1 N–H and O–H groups in total. The average molecular weight is 269 g/mol. The fraction of sp³-hybridized carbons (Fsp3) is 0.357. The Hall–Kier alpha value is -1.75. The minimum absolute atomic E-state index is 0.156. The van der Waals surface area contributed by atoms with Crippen molar-refractivity contribution in [2.75, 3.05) is 13.7 Å². The van der Waals surface area contributed by atoms with E-state index in [0.29, 0.717) is 18.5 Å². The second-order valence-corrected chi connectivity index (χ2v) is 4.13. The maximum absolute atomic E-state index is 13.1. The highest BCUT2D eigenvalue weighted by Crippen LogP contribution is 2.12. The fourth-order valence-corrected chi connectivity index (χ4v) is 1.70. The molecule has 1 atom stereocenters. The number of hydrogen-bond acceptors (Lipinski definition) is 3. The van der Waals surface area contributed by atoms with Crippen LogP contribution in [0.15, 0.2) is 30.9 Å². The van der Waals surface area contributed by atoms with Crippen molar-refractivity contribution in [2.45, 2.75) is 18.9 Å². The molecule has 0 fully saturated rings. The molecule has 0 bridgehead atoms. The predicted octanol–water partition coefficient (Wildman–Crippen LogP) is 2.21. The molecular formula is C14H17F2NO2. The molecule has 0 heterocycles. The lowest BCUT2D eigenvalue weighted by Crippen LogP contribution is -2.33. The van der Waals surface area contributed by atoms with Crippen LogP contribution in [0.4, 0.5) is 8.78 Å². The zero-order chi connectivity index (χ0) is 14.3. The number of methoxy groups -OCH3 is 1. The van der Waals surface area contributed by atoms with Crippen LogP contribution in [-0.2, 0) is 16.0 Å². The van der Waals surface area contributed by atoms with Crippen molar-refractivity contribution < 1.29 is 18.3 Å². The molecule has 0 saturated carbocycles. The molecule has 1 unspecified atom stereocenters. The van der Waals surface area contributed by atoms with Crippen molar-refractivity contribution in [3.63, 3.8) is 0 Å². The zero-order valence-electron chi connectivity index (χ0n) is 10.8. The Bertz CT molecular complexity index is 449. The largest absolute Gasteiger partial charge is 0.469 e. The van der Waals surface area contributed by atoms with Crippen LogP contribution in [0, 0.1) is 11.6 Å². The van der Waals surface area contributed by atoms with Crippen LogP contribution in [0.5, 0.6) is 0 Å². The summed E-state index contributed by atoms with van der Waals surface area (Å²) in [4.78, 5) is 11.3. The van der Waals surface area contributed by atoms with E-state index in [1.807, 2.05) is 0 Å². The lowest BCUT2D eigenvalue weighted by Gasteiger charge is -2.16. The van der Waals surface area contributed by atoms with E-state index in [4.69, 9.17) is 0 Å². The van der Waals surface area contributed by atoms with Gasteiger partial charge < -0.3 is 10.1 Å². The summed E-state index contributed by atoms with van der Waals surface area (Å²) in [7, 11) is 1.31. The van der Waals surface area contributed by atoms with Gasteiger partial charge in [-0.3, -0.25) is 4.79 Å². The molecule has 3 nitrogen and oxygen atoms in total. The molecule has 0 spiro atoms. The van der Waals surface area contributed by atoms with Crippen LogP contribution < -0.4 is 5.32 Å². The number of esters is 1. The van der Waals surface area contributed by atoms with Gasteiger partial charge in [0.25, 0.3) is 0 Å². The van der Waals surface area contributed by atoms with Gasteiger partial charge in [-0.2, -0.15) is 0 Å². The maximum atomic E-state index is 13.1. The van der Waals surface area contributed by atoms with Gasteiger partial charge in [-0.05, 0) is 24.1 Å². The molecule has 0 saturated heterocycles. The summed E-state index contributed by atoms with van der Waals surface area (Å²) in [6, 6.07) is 3.50. The fourth-order valence-electron chi connectivity index (χ4n) is 1.70. The van der Waals surface area contributed by atoms with Crippen LogP contribution in [0.3, 0.4) is 0 Å². The number of ether oxygens (including phenoxy) is 1. The lowest BCUT2D eigenvalue weighted by molar-refractivity contribution is -0.141. The van der Waals surface area contributed by atoms with Crippen LogP contribution in [0.2, 0.25) is 0 Å². The number of rotatable bonds is 7. The summed E-state index contributed by atoms with van der Waals surface area (Å²) < 4.78 is 30.5. The Morgan fingerprint density at radius 1 is 1.47 bits per heavy atom. The number of carbonyl (C=O) groups excluding carboxylic acids is 1. The van der Waals surface area contributed by atoms with E-state index < -0.39 is 11.6 Å². The molecule has 0 aliphatic carbocycles. The molecule has 0 amide bonds. The van der Waals surface area contributed by atoms with Gasteiger partial charge in [-0.15, -0.1) is 6.58 Å². The topological polar surface area (TPSA) is 38.3 Å². The third-order valence-corrected chi connectivity index (χ3v) is 2.66. The lowest BCUT2D eigenvalue weighted by atomic mass is 10.0. The highest BCUT2D eigenvalue weighted by molar-refractivity contribution is 5.70. The monoisotopic (exact) mass is 269 g/mol. The highest BCUT2D eigenvalue weighted by Gasteiger charge is 2.15. The van der Waals surface area contributed by atoms with Gasteiger partial charge in [-0.1, -0.05) is 12.1 Å². The Kier molecular flexibility index (Phi) is 6.15. The van der Waals surface area contributed by atoms with Gasteiger partial charge in [0, 0.05) is 12.6 Å². The first-order valence-electron chi connectivity index (χ1n) is 5.91. The quantitative estimate of drug-likeness (QED) is 0.609. The average Bonchev–Trinajstić information content (AvgIpc) is 2.40. The van der Waals surface area contributed by atoms with Crippen LogP contribution in [-0.4, -0.2) is 25.7 Å². The van der Waals surface area contributed by atoms with Gasteiger partial charge in [0.05, 0.1) is 13.5 Å². The van der Waals surface area contributed by atoms with E-state index in [1.54, 1.807) is 6.08 Å². The minimum Gasteiger partial charge on any atom is -0.469 e. The molecule has 0 aromatic heterocycles. The van der Waals surface area contributed by atoms with Crippen LogP contribution in [0.1, 0.15) is 12.0 Å². The van der Waals surface area contributed by atoms with E-state index in [2.05, 4.69) is 16.6 Å². The van der Waals surface area contributed by atoms with E-state index in [-0.39, 0.29) is 18.4 Å². The number of carbonyl (C=O) groups is 1. The standard InChI is InChI=1S/C14H17F2NO2/c1-3-6-17-11(9-14(18)19-2)7-10-4-5-12(15)13(16)8-10/h3-5,8,11,17H,1,6-7,9H2,2H3. The summed E-state index contributed by atoms with van der Waals surface area (Å²) >= 11 is 0. The van der Waals surface area contributed by atoms with Crippen molar-refractivity contribution in [1.29, 1.82) is 0 Å². The molecule has 0 aliphatic heterocycles. The molecule has 0 aliphatic rings. The number of hydrogen-bond donors (Lipinski definition) is 1. The van der Waals surface area contributed by atoms with E-state index >= 15 is 0 Å². The third kappa shape index (κ3) is 5.18. The first-order chi connectivity index (χ1) is 9.06. The van der Waals surface area contributed by atoms with Crippen molar-refractivity contribution in [2.24, 2.45) is 0 Å². The van der Waals surface area contributed by atoms with Gasteiger partial charge in [-0.25, -0.2) is 8.78 Å². The van der Waals surface area contributed by atoms with Gasteiger partial charge in [0.1, 0.15) is 0 Å². The van der Waals surface area contributed by atoms with Crippen molar-refractivity contribution in [3.05, 3.63) is 48.1 Å². The first-order valence-corrected chi connectivity index (χ1v) is 5.91. The molecule has 5 heteroatoms. The molecule has 1 aromatic carbocycles. The third-order valence-electron chi connectivity index (χ3n) is 2.66. The Morgan fingerprint density at radius 2 is 2.21 bits per heavy atom. The maximum Gasteiger partial charge on any atom is 0.307 e. The second-order valence-electron chi connectivity index (χ2n) is 4.13. The van der Waals surface area contributed by atoms with Gasteiger partial charge in [0.2, 0.25) is 0 Å². The summed E-state index contributed by atoms with van der Waals surface area (Å²) in [5, 5.41) is 3.08. The number of benzene rings is 1. The Morgan fingerprint density at radius 3 is 2.79 bits per heavy atom. The van der Waals surface area contributed by atoms with Crippen molar-refractivity contribution in [1.82, 2.24) is 5.32 Å². The Labute approximate surface area is 111 Å².